The van der Waals surface area contributed by atoms with E-state index in [4.69, 9.17) is 16.3 Å². The fraction of sp³-hybridized carbons (Fsp3) is 0.250. The van der Waals surface area contributed by atoms with Gasteiger partial charge in [-0.15, -0.1) is 0 Å². The number of rotatable bonds is 4. The van der Waals surface area contributed by atoms with Gasteiger partial charge in [0.25, 0.3) is 5.24 Å². The van der Waals surface area contributed by atoms with Crippen LogP contribution in [0.3, 0.4) is 0 Å². The van der Waals surface area contributed by atoms with Crippen LogP contribution >= 0.6 is 23.4 Å². The third kappa shape index (κ3) is 3.47. The molecule has 1 aliphatic heterocycles. The highest BCUT2D eigenvalue weighted by Crippen LogP contribution is 2.43. The lowest BCUT2D eigenvalue weighted by Gasteiger charge is -2.16. The topological polar surface area (TPSA) is 72.5 Å². The van der Waals surface area contributed by atoms with E-state index in [1.807, 2.05) is 18.2 Å². The Labute approximate surface area is 165 Å². The highest BCUT2D eigenvalue weighted by Gasteiger charge is 2.41. The van der Waals surface area contributed by atoms with Gasteiger partial charge in [0.05, 0.1) is 5.02 Å². The van der Waals surface area contributed by atoms with E-state index in [1.54, 1.807) is 18.2 Å². The third-order valence-electron chi connectivity index (χ3n) is 4.89. The van der Waals surface area contributed by atoms with Crippen molar-refractivity contribution in [3.63, 3.8) is 0 Å². The van der Waals surface area contributed by atoms with Crippen molar-refractivity contribution in [2.75, 3.05) is 0 Å². The van der Waals surface area contributed by atoms with Crippen molar-refractivity contribution in [1.29, 1.82) is 0 Å². The standard InChI is InChI=1S/C20H16ClNO4S/c1-10(23)11-3-7-17(16(21)9-11)26-13-4-6-14-12(8-13)2-5-15(14)18-19(24)22-20(25)27-18/h3-4,6-9,15,18H,2,5H2,1H3,(H,22,24,25)/t15-,18?/m1/s1. The second kappa shape index (κ2) is 7.02. The third-order valence-corrected chi connectivity index (χ3v) is 6.30. The van der Waals surface area contributed by atoms with Gasteiger partial charge in [-0.2, -0.15) is 0 Å². The Morgan fingerprint density at radius 2 is 2.04 bits per heavy atom. The largest absolute Gasteiger partial charge is 0.456 e. The molecule has 1 heterocycles. The molecule has 1 aliphatic carbocycles. The number of hydrogen-bond donors (Lipinski definition) is 1. The maximum atomic E-state index is 12.0. The van der Waals surface area contributed by atoms with Gasteiger partial charge >= 0.3 is 0 Å². The minimum absolute atomic E-state index is 0.0314. The lowest BCUT2D eigenvalue weighted by atomic mass is 9.97. The van der Waals surface area contributed by atoms with Crippen LogP contribution in [-0.2, 0) is 11.2 Å². The number of carbonyl (C=O) groups is 3. The number of aryl methyl sites for hydroxylation is 1. The van der Waals surface area contributed by atoms with Gasteiger partial charge in [0.1, 0.15) is 16.7 Å². The second-order valence-electron chi connectivity index (χ2n) is 6.62. The number of amides is 2. The molecule has 0 radical (unpaired) electrons. The zero-order valence-corrected chi connectivity index (χ0v) is 16.0. The predicted molar refractivity (Wildman–Crippen MR) is 104 cm³/mol. The molecular formula is C20H16ClNO4S. The molecule has 1 saturated heterocycles. The quantitative estimate of drug-likeness (QED) is 0.750. The van der Waals surface area contributed by atoms with Crippen LogP contribution in [0.1, 0.15) is 40.7 Å². The minimum atomic E-state index is -0.362. The summed E-state index contributed by atoms with van der Waals surface area (Å²) >= 11 is 7.29. The molecule has 7 heteroatoms. The first-order chi connectivity index (χ1) is 12.9. The van der Waals surface area contributed by atoms with Crippen molar-refractivity contribution in [2.45, 2.75) is 30.9 Å². The van der Waals surface area contributed by atoms with Crippen molar-refractivity contribution in [3.05, 3.63) is 58.1 Å². The number of Topliss-reactive ketones (excluding diaryl/α,β-unsaturated/α-hetero) is 1. The molecule has 138 valence electrons. The van der Waals surface area contributed by atoms with Crippen molar-refractivity contribution in [3.8, 4) is 11.5 Å². The summed E-state index contributed by atoms with van der Waals surface area (Å²) in [5.41, 5.74) is 2.73. The summed E-state index contributed by atoms with van der Waals surface area (Å²) in [6.45, 7) is 1.49. The van der Waals surface area contributed by atoms with E-state index < -0.39 is 0 Å². The van der Waals surface area contributed by atoms with Gasteiger partial charge in [-0.3, -0.25) is 19.7 Å². The number of imide groups is 1. The smallest absolute Gasteiger partial charge is 0.286 e. The number of benzene rings is 2. The Bertz CT molecular complexity index is 974. The molecule has 0 bridgehead atoms. The Morgan fingerprint density at radius 3 is 2.70 bits per heavy atom. The maximum absolute atomic E-state index is 12.0. The number of hydrogen-bond acceptors (Lipinski definition) is 5. The number of nitrogens with one attached hydrogen (secondary N) is 1. The lowest BCUT2D eigenvalue weighted by molar-refractivity contribution is -0.119. The second-order valence-corrected chi connectivity index (χ2v) is 8.15. The fourth-order valence-corrected chi connectivity index (χ4v) is 4.79. The van der Waals surface area contributed by atoms with Crippen LogP contribution in [-0.4, -0.2) is 22.2 Å². The van der Waals surface area contributed by atoms with Gasteiger partial charge < -0.3 is 4.74 Å². The molecule has 4 rings (SSSR count). The molecule has 2 aromatic carbocycles. The summed E-state index contributed by atoms with van der Waals surface area (Å²) in [4.78, 5) is 34.9. The van der Waals surface area contributed by atoms with Crippen LogP contribution in [0.5, 0.6) is 11.5 Å². The van der Waals surface area contributed by atoms with E-state index in [9.17, 15) is 14.4 Å². The number of ether oxygens (including phenoxy) is 1. The molecule has 27 heavy (non-hydrogen) atoms. The van der Waals surface area contributed by atoms with E-state index in [0.29, 0.717) is 22.1 Å². The van der Waals surface area contributed by atoms with Crippen molar-refractivity contribution in [1.82, 2.24) is 5.32 Å². The molecule has 2 amide bonds. The minimum Gasteiger partial charge on any atom is -0.456 e. The molecule has 0 saturated carbocycles. The van der Waals surface area contributed by atoms with Crippen LogP contribution in [0.2, 0.25) is 5.02 Å². The molecule has 2 aliphatic rings. The molecule has 1 fully saturated rings. The first-order valence-corrected chi connectivity index (χ1v) is 9.81. The SMILES string of the molecule is CC(=O)c1ccc(Oc2ccc3c(c2)CC[C@H]3C2SC(=O)NC2=O)c(Cl)c1. The Kier molecular flexibility index (Phi) is 4.70. The fourth-order valence-electron chi connectivity index (χ4n) is 3.57. The van der Waals surface area contributed by atoms with Crippen LogP contribution in [0, 0.1) is 0 Å². The van der Waals surface area contributed by atoms with E-state index >= 15 is 0 Å². The number of thioether (sulfide) groups is 1. The molecular weight excluding hydrogens is 386 g/mol. The molecule has 0 spiro atoms. The molecule has 2 aromatic rings. The summed E-state index contributed by atoms with van der Waals surface area (Å²) in [6, 6.07) is 10.7. The highest BCUT2D eigenvalue weighted by molar-refractivity contribution is 8.15. The first-order valence-electron chi connectivity index (χ1n) is 8.55. The zero-order valence-electron chi connectivity index (χ0n) is 14.5. The van der Waals surface area contributed by atoms with E-state index in [2.05, 4.69) is 5.32 Å². The van der Waals surface area contributed by atoms with Gasteiger partial charge in [-0.25, -0.2) is 0 Å². The summed E-state index contributed by atoms with van der Waals surface area (Å²) < 4.78 is 5.89. The summed E-state index contributed by atoms with van der Waals surface area (Å²) in [5, 5.41) is 2.09. The van der Waals surface area contributed by atoms with Crippen molar-refractivity contribution in [2.24, 2.45) is 0 Å². The predicted octanol–water partition coefficient (Wildman–Crippen LogP) is 4.72. The normalized spacial score (nSPS) is 21.1. The van der Waals surface area contributed by atoms with Gasteiger partial charge in [0.2, 0.25) is 5.91 Å². The summed E-state index contributed by atoms with van der Waals surface area (Å²) in [7, 11) is 0. The zero-order chi connectivity index (χ0) is 19.1. The highest BCUT2D eigenvalue weighted by atomic mass is 35.5. The van der Waals surface area contributed by atoms with Gasteiger partial charge in [-0.05, 0) is 61.2 Å². The van der Waals surface area contributed by atoms with E-state index in [1.165, 1.54) is 6.92 Å². The summed E-state index contributed by atoms with van der Waals surface area (Å²) in [6.07, 6.45) is 1.65. The van der Waals surface area contributed by atoms with Crippen LogP contribution in [0.25, 0.3) is 0 Å². The maximum Gasteiger partial charge on any atom is 0.286 e. The summed E-state index contributed by atoms with van der Waals surface area (Å²) in [5.74, 6) is 0.891. The number of carbonyl (C=O) groups excluding carboxylic acids is 3. The first kappa shape index (κ1) is 18.1. The van der Waals surface area contributed by atoms with E-state index in [-0.39, 0.29) is 28.1 Å². The lowest BCUT2D eigenvalue weighted by Crippen LogP contribution is -2.27. The Morgan fingerprint density at radius 1 is 1.22 bits per heavy atom. The average molecular weight is 402 g/mol. The molecule has 2 atom stereocenters. The van der Waals surface area contributed by atoms with Gasteiger partial charge in [0, 0.05) is 11.5 Å². The van der Waals surface area contributed by atoms with Crippen LogP contribution in [0.4, 0.5) is 4.79 Å². The average Bonchev–Trinajstić information content (AvgIpc) is 3.18. The molecule has 1 unspecified atom stereocenters. The van der Waals surface area contributed by atoms with E-state index in [0.717, 1.165) is 35.7 Å². The molecule has 5 nitrogen and oxygen atoms in total. The molecule has 1 N–H and O–H groups in total. The monoisotopic (exact) mass is 401 g/mol. The number of fused-ring (bicyclic) bond motifs is 1. The Balaban J connectivity index is 1.55. The van der Waals surface area contributed by atoms with Crippen LogP contribution in [0.15, 0.2) is 36.4 Å². The Hall–Kier alpha value is -2.31. The number of ketones is 1. The van der Waals surface area contributed by atoms with Gasteiger partial charge in [-0.1, -0.05) is 29.4 Å². The number of halogens is 1. The van der Waals surface area contributed by atoms with Crippen molar-refractivity contribution >= 4 is 40.3 Å². The van der Waals surface area contributed by atoms with Crippen molar-refractivity contribution < 1.29 is 19.1 Å². The molecule has 0 aromatic heterocycles. The van der Waals surface area contributed by atoms with Crippen LogP contribution < -0.4 is 10.1 Å². The van der Waals surface area contributed by atoms with Gasteiger partial charge in [0.15, 0.2) is 5.78 Å².